The number of amides is 4. The predicted molar refractivity (Wildman–Crippen MR) is 524 cm³/mol. The van der Waals surface area contributed by atoms with Gasteiger partial charge in [-0.05, 0) is 67.8 Å². The van der Waals surface area contributed by atoms with Gasteiger partial charge in [0, 0.05) is 177 Å². The number of carbonyl (C=O) groups is 8. The second kappa shape index (κ2) is 39.5. The highest BCUT2D eigenvalue weighted by Crippen LogP contribution is 2.39. The monoisotopic (exact) mass is 1950 g/mol. The van der Waals surface area contributed by atoms with E-state index in [4.69, 9.17) is 14.2 Å². The first kappa shape index (κ1) is 92.0. The summed E-state index contributed by atoms with van der Waals surface area (Å²) < 4.78 is 37.0. The number of Topliss-reactive ketones (excluding diaryl/α,β-unsaturated/α-hetero) is 4. The number of piperazine rings is 4. The maximum atomic E-state index is 14.7. The van der Waals surface area contributed by atoms with Crippen LogP contribution in [0.15, 0.2) is 210 Å². The summed E-state index contributed by atoms with van der Waals surface area (Å²) >= 11 is 0. The van der Waals surface area contributed by atoms with Crippen molar-refractivity contribution in [2.45, 2.75) is 13.8 Å². The van der Waals surface area contributed by atoms with Crippen LogP contribution in [0.3, 0.4) is 0 Å². The number of carbonyl (C=O) groups excluding carboxylic acids is 8. The number of pyridine rings is 8. The van der Waals surface area contributed by atoms with Gasteiger partial charge in [-0.1, -0.05) is 35.5 Å². The van der Waals surface area contributed by atoms with Crippen LogP contribution in [0.25, 0.3) is 111 Å². The van der Waals surface area contributed by atoms with Crippen LogP contribution in [0.5, 0.6) is 17.2 Å². The number of hydrogen-bond donors (Lipinski definition) is 4. The van der Waals surface area contributed by atoms with Gasteiger partial charge in [0.05, 0.1) is 146 Å². The smallest absolute Gasteiger partial charge is 0.295 e. The number of halogens is 1. The first-order valence-corrected chi connectivity index (χ1v) is 45.8. The van der Waals surface area contributed by atoms with Gasteiger partial charge in [-0.3, -0.25) is 48.3 Å². The van der Waals surface area contributed by atoms with Crippen LogP contribution in [-0.4, -0.2) is 331 Å². The van der Waals surface area contributed by atoms with Crippen molar-refractivity contribution < 1.29 is 57.0 Å². The Morgan fingerprint density at radius 2 is 0.745 bits per heavy atom. The van der Waals surface area contributed by atoms with Crippen molar-refractivity contribution in [1.82, 2.24) is 159 Å². The number of benzene rings is 2. The molecule has 4 amide bonds. The number of nitrogens with one attached hydrogen (secondary N) is 4. The lowest BCUT2D eigenvalue weighted by Crippen LogP contribution is -2.51. The molecular weight excluding hydrogens is 1860 g/mol. The van der Waals surface area contributed by atoms with Gasteiger partial charge in [-0.2, -0.15) is 15.3 Å². The molecule has 0 unspecified atom stereocenters. The molecule has 0 spiro atoms. The maximum absolute atomic E-state index is 14.7. The first-order chi connectivity index (χ1) is 70.9. The maximum Gasteiger partial charge on any atom is 0.295 e. The van der Waals surface area contributed by atoms with Gasteiger partial charge in [-0.15, -0.1) is 5.10 Å². The summed E-state index contributed by atoms with van der Waals surface area (Å²) in [5, 5.41) is 26.7. The van der Waals surface area contributed by atoms with E-state index < -0.39 is 52.6 Å². The fourth-order valence-electron chi connectivity index (χ4n) is 18.4. The quantitative estimate of drug-likeness (QED) is 0.0457. The minimum Gasteiger partial charge on any atom is -0.494 e. The minimum atomic E-state index is -0.795. The Labute approximate surface area is 818 Å². The number of para-hydroxylation sites is 1. The van der Waals surface area contributed by atoms with E-state index in [9.17, 15) is 42.7 Å². The summed E-state index contributed by atoms with van der Waals surface area (Å²) in [7, 11) is 4.49. The molecule has 18 aromatic heterocycles. The molecule has 20 aromatic rings. The third-order valence-corrected chi connectivity index (χ3v) is 25.5. The largest absolute Gasteiger partial charge is 0.494 e. The highest BCUT2D eigenvalue weighted by molar-refractivity contribution is 6.47. The third-order valence-electron chi connectivity index (χ3n) is 25.5. The van der Waals surface area contributed by atoms with Crippen LogP contribution in [0, 0.1) is 19.7 Å². The Kier molecular flexibility index (Phi) is 25.1. The molecule has 2 aromatic carbocycles. The van der Waals surface area contributed by atoms with Gasteiger partial charge < -0.3 is 73.3 Å². The first-order valence-electron chi connectivity index (χ1n) is 45.8. The molecule has 726 valence electrons. The molecule has 24 rings (SSSR count). The molecule has 4 aliphatic rings. The summed E-state index contributed by atoms with van der Waals surface area (Å²) in [6.07, 6.45) is 32.1. The molecule has 4 saturated heterocycles. The number of aromatic nitrogens is 28. The third kappa shape index (κ3) is 17.6. The summed E-state index contributed by atoms with van der Waals surface area (Å²) in [4.78, 5) is 197. The Hall–Kier alpha value is -19.3. The molecule has 0 aliphatic carbocycles. The fraction of sp³-hybridized carbons (Fsp3) is 0.216. The number of aromatic amines is 4. The molecule has 145 heavy (non-hydrogen) atoms. The zero-order valence-corrected chi connectivity index (χ0v) is 78.1. The second-order valence-electron chi connectivity index (χ2n) is 33.7. The molecule has 0 saturated carbocycles. The van der Waals surface area contributed by atoms with Crippen molar-refractivity contribution in [3.05, 3.63) is 249 Å². The van der Waals surface area contributed by atoms with E-state index in [1.54, 1.807) is 72.2 Å². The SMILES string of the molecule is COc1cnc(-n2cnc(C)n2)c2[nH]cc(C(=O)C(=O)N3CCN(c4cccc5cccnc45)CC3)c12.COc1cnc(-n2cnc(C)n2)c2[nH]cc(C(=O)C(=O)N3CCN(c4cccc5ccncc45)CC3)c12.COc1cnc(-n2cncn2)c2[nH]cc(C(=O)C(=O)N3CCN(c4ncnc5ncccc45)CC3)c12.O=C(C(=O)N1CCN(c2ncnc3ncccc23)CC1)c1c[nH]c2c(-n3ccnn3)ncc(F)c12. The van der Waals surface area contributed by atoms with E-state index in [1.807, 2.05) is 77.8 Å². The van der Waals surface area contributed by atoms with Gasteiger partial charge in [0.15, 0.2) is 40.4 Å². The number of anilines is 4. The Morgan fingerprint density at radius 3 is 1.19 bits per heavy atom. The lowest BCUT2D eigenvalue weighted by molar-refractivity contribution is -0.127. The number of ether oxygens (including phenoxy) is 3. The lowest BCUT2D eigenvalue weighted by atomic mass is 10.1. The van der Waals surface area contributed by atoms with Crippen LogP contribution in [0.2, 0.25) is 0 Å². The molecule has 0 atom stereocenters. The van der Waals surface area contributed by atoms with Gasteiger partial charge in [-0.25, -0.2) is 87.9 Å². The molecule has 4 N–H and O–H groups in total. The number of nitrogens with zero attached hydrogens (tertiary/aromatic N) is 32. The Bertz CT molecular complexity index is 8130. The molecule has 0 bridgehead atoms. The number of hydrogen-bond acceptors (Lipinski definition) is 35. The zero-order valence-electron chi connectivity index (χ0n) is 78.1. The van der Waals surface area contributed by atoms with Gasteiger partial charge in [0.2, 0.25) is 0 Å². The molecule has 4 aliphatic heterocycles. The molecule has 48 heteroatoms. The van der Waals surface area contributed by atoms with Crippen LogP contribution in [0.1, 0.15) is 53.1 Å². The van der Waals surface area contributed by atoms with E-state index in [1.165, 1.54) is 120 Å². The average molecular weight is 1950 g/mol. The number of rotatable bonds is 19. The highest BCUT2D eigenvalue weighted by atomic mass is 19.1. The van der Waals surface area contributed by atoms with Crippen molar-refractivity contribution >= 4 is 157 Å². The van der Waals surface area contributed by atoms with E-state index in [-0.39, 0.29) is 39.0 Å². The molecular formula is C97H85FN36O11. The molecule has 22 heterocycles. The molecule has 47 nitrogen and oxygen atoms in total. The highest BCUT2D eigenvalue weighted by Gasteiger charge is 2.38. The van der Waals surface area contributed by atoms with Crippen molar-refractivity contribution in [3.63, 3.8) is 0 Å². The standard InChI is InChI=1S/2C26H24N8O3.C23H20N10O3.C22H17FN10O2/c1-16-30-15-34(31-16)25-23-21(20(37-2)14-29-25)18(13-28-23)24(35)26(36)33-11-9-32(10-12-33)19-7-3-5-17-6-4-8-27-22(17)19;1-16-30-15-34(31-16)25-23-22(21(37-2)14-29-25)19(13-28-23)24(35)26(36)33-10-8-32(9-11-33)20-5-3-4-17-6-7-27-12-18(17)20;1-36-16-10-27-22(33-13-24-11-30-33)18-17(16)15(9-26-18)19(34)23(35)32-7-5-31(6-8-32)21-14-3-2-4-25-20(14)28-12-29-21;23-15-11-26-21(33-5-4-29-30-33)17-16(15)14(10-25-17)18(34)22(35)32-8-6-31(7-9-32)20-13-2-1-3-24-19(13)27-12-28-20/h3-8,13-15,28H,9-12H2,1-2H3;3-7,12-15,28H,8-11H2,1-2H3;2-4,9-13,26H,5-8H2,1H3;1-5,10-12,25H,6-9H2. The van der Waals surface area contributed by atoms with Crippen LogP contribution < -0.4 is 33.8 Å². The molecule has 4 fully saturated rings. The number of aryl methyl sites for hydroxylation is 2. The van der Waals surface area contributed by atoms with Crippen LogP contribution in [-0.2, 0) is 19.2 Å². The minimum absolute atomic E-state index is 0.0116. The number of H-pyrrole nitrogens is 4. The molecule has 0 radical (unpaired) electrons. The topological polar surface area (TPSA) is 531 Å². The lowest BCUT2D eigenvalue weighted by Gasteiger charge is -2.36. The van der Waals surface area contributed by atoms with Gasteiger partial charge in [0.25, 0.3) is 46.8 Å². The number of ketones is 4. The predicted octanol–water partition coefficient (Wildman–Crippen LogP) is 7.25. The average Bonchev–Trinajstić information content (AvgIpc) is 1.64. The Balaban J connectivity index is 0.000000114. The van der Waals surface area contributed by atoms with Crippen molar-refractivity contribution in [2.75, 3.05) is 146 Å². The van der Waals surface area contributed by atoms with Crippen molar-refractivity contribution in [1.29, 1.82) is 0 Å². The van der Waals surface area contributed by atoms with E-state index in [2.05, 4.69) is 147 Å². The van der Waals surface area contributed by atoms with Crippen molar-refractivity contribution in [2.24, 2.45) is 0 Å². The number of fused-ring (bicyclic) bond motifs is 8. The number of methoxy groups -OCH3 is 3. The van der Waals surface area contributed by atoms with Crippen LogP contribution in [0.4, 0.5) is 27.4 Å². The summed E-state index contributed by atoms with van der Waals surface area (Å²) in [6.45, 7) is 11.1. The summed E-state index contributed by atoms with van der Waals surface area (Å²) in [6, 6.07) is 25.6. The Morgan fingerprint density at radius 1 is 0.338 bits per heavy atom. The van der Waals surface area contributed by atoms with E-state index >= 15 is 0 Å². The van der Waals surface area contributed by atoms with Crippen molar-refractivity contribution in [3.8, 4) is 40.5 Å². The summed E-state index contributed by atoms with van der Waals surface area (Å²) in [5.41, 5.74) is 6.71. The van der Waals surface area contributed by atoms with Gasteiger partial charge in [0.1, 0.15) is 78.5 Å². The normalized spacial score (nSPS) is 13.9. The summed E-state index contributed by atoms with van der Waals surface area (Å²) in [5.74, 6) is -0.247. The second-order valence-corrected chi connectivity index (χ2v) is 33.7. The fourth-order valence-corrected chi connectivity index (χ4v) is 18.4. The van der Waals surface area contributed by atoms with Gasteiger partial charge >= 0.3 is 0 Å². The van der Waals surface area contributed by atoms with E-state index in [0.29, 0.717) is 195 Å². The van der Waals surface area contributed by atoms with E-state index in [0.717, 1.165) is 61.7 Å². The van der Waals surface area contributed by atoms with Crippen LogP contribution >= 0.6 is 0 Å². The zero-order chi connectivity index (χ0) is 99.6.